The third-order valence-corrected chi connectivity index (χ3v) is 8.53. The number of anilines is 1. The van der Waals surface area contributed by atoms with Crippen LogP contribution in [0.15, 0.2) is 12.7 Å². The molecule has 2 aromatic heterocycles. The summed E-state index contributed by atoms with van der Waals surface area (Å²) in [6, 6.07) is 0. The van der Waals surface area contributed by atoms with E-state index in [-0.39, 0.29) is 19.0 Å². The second kappa shape index (κ2) is 24.3. The van der Waals surface area contributed by atoms with Gasteiger partial charge in [-0.3, -0.25) is 0 Å². The third kappa shape index (κ3) is 16.8. The predicted molar refractivity (Wildman–Crippen MR) is 167 cm³/mol. The molecule has 0 aromatic carbocycles. The summed E-state index contributed by atoms with van der Waals surface area (Å²) in [6.45, 7) is 5.02. The number of nitrogen functional groups attached to an aromatic ring is 1. The summed E-state index contributed by atoms with van der Waals surface area (Å²) in [5.74, 6) is 2.87. The van der Waals surface area contributed by atoms with Gasteiger partial charge in [-0.1, -0.05) is 88.5 Å². The van der Waals surface area contributed by atoms with Crippen molar-refractivity contribution in [1.29, 1.82) is 0 Å². The van der Waals surface area contributed by atoms with E-state index in [1.165, 1.54) is 101 Å². The maximum Gasteiger partial charge on any atom is 0.699 e. The summed E-state index contributed by atoms with van der Waals surface area (Å²) in [5, 5.41) is 0. The fraction of sp³-hybridized carbons (Fsp3) is 0.821. The molecular formula is C28H54N6O4PS+. The molecule has 10 nitrogen and oxygen atoms in total. The van der Waals surface area contributed by atoms with Gasteiger partial charge in [0, 0.05) is 4.57 Å². The lowest BCUT2D eigenvalue weighted by molar-refractivity contribution is -0.0367. The fourth-order valence-electron chi connectivity index (χ4n) is 4.36. The molecule has 0 amide bonds. The minimum absolute atomic E-state index is 0. The van der Waals surface area contributed by atoms with Gasteiger partial charge in [0.1, 0.15) is 18.5 Å². The van der Waals surface area contributed by atoms with E-state index in [9.17, 15) is 4.57 Å². The quantitative estimate of drug-likeness (QED) is 0.0613. The van der Waals surface area contributed by atoms with Crippen molar-refractivity contribution in [3.8, 4) is 0 Å². The molecule has 0 aliphatic carbocycles. The van der Waals surface area contributed by atoms with Crippen LogP contribution in [0, 0.1) is 0 Å². The number of fused-ring (bicyclic) bond motifs is 1. The molecule has 0 aliphatic heterocycles. The fourth-order valence-corrected chi connectivity index (χ4v) is 5.88. The van der Waals surface area contributed by atoms with E-state index >= 15 is 0 Å². The molecule has 2 heterocycles. The van der Waals surface area contributed by atoms with Crippen molar-refractivity contribution >= 4 is 37.0 Å². The molecule has 2 rings (SSSR count). The van der Waals surface area contributed by atoms with Crippen molar-refractivity contribution in [2.75, 3.05) is 30.6 Å². The number of nitrogens with zero attached hydrogens (tertiary/aromatic N) is 4. The molecule has 12 heteroatoms. The van der Waals surface area contributed by atoms with Gasteiger partial charge in [0.2, 0.25) is 6.79 Å². The molecular weight excluding hydrogens is 547 g/mol. The summed E-state index contributed by atoms with van der Waals surface area (Å²) in [6.07, 6.45) is 22.7. The average molecular weight is 602 g/mol. The summed E-state index contributed by atoms with van der Waals surface area (Å²) in [5.41, 5.74) is 7.03. The molecule has 2 atom stereocenters. The Labute approximate surface area is 246 Å². The van der Waals surface area contributed by atoms with E-state index < -0.39 is 8.25 Å². The Bertz CT molecular complexity index is 907. The van der Waals surface area contributed by atoms with Crippen LogP contribution in [0.3, 0.4) is 0 Å². The molecule has 2 aromatic rings. The van der Waals surface area contributed by atoms with Gasteiger partial charge in [-0.05, 0) is 37.7 Å². The molecule has 0 saturated carbocycles. The van der Waals surface area contributed by atoms with Crippen LogP contribution in [0.25, 0.3) is 11.2 Å². The average Bonchev–Trinajstić information content (AvgIpc) is 3.33. The van der Waals surface area contributed by atoms with E-state index in [1.807, 2.05) is 11.5 Å². The Balaban J connectivity index is 0.00000800. The van der Waals surface area contributed by atoms with Crippen LogP contribution in [-0.2, 0) is 24.9 Å². The first-order chi connectivity index (χ1) is 19.1. The first kappa shape index (κ1) is 36.7. The van der Waals surface area contributed by atoms with Crippen LogP contribution in [-0.4, -0.2) is 50.5 Å². The molecule has 0 bridgehead atoms. The van der Waals surface area contributed by atoms with E-state index in [0.717, 1.165) is 12.8 Å². The minimum Gasteiger partial charge on any atom is -0.382 e. The normalized spacial score (nSPS) is 12.5. The number of rotatable bonds is 26. The van der Waals surface area contributed by atoms with Crippen molar-refractivity contribution in [1.82, 2.24) is 25.7 Å². The zero-order valence-electron chi connectivity index (χ0n) is 24.9. The van der Waals surface area contributed by atoms with Gasteiger partial charge in [0.15, 0.2) is 11.5 Å². The largest absolute Gasteiger partial charge is 0.699 e. The zero-order valence-corrected chi connectivity index (χ0v) is 26.6. The number of thioether (sulfide) groups is 1. The summed E-state index contributed by atoms with van der Waals surface area (Å²) in [7, 11) is -2.17. The van der Waals surface area contributed by atoms with Crippen LogP contribution in [0.5, 0.6) is 0 Å². The highest BCUT2D eigenvalue weighted by molar-refractivity contribution is 7.99. The van der Waals surface area contributed by atoms with Gasteiger partial charge in [-0.15, -0.1) is 4.52 Å². The zero-order chi connectivity index (χ0) is 28.0. The van der Waals surface area contributed by atoms with Gasteiger partial charge in [0.05, 0.1) is 19.0 Å². The Morgan fingerprint density at radius 3 is 2.12 bits per heavy atom. The lowest BCUT2D eigenvalue weighted by Gasteiger charge is -2.11. The van der Waals surface area contributed by atoms with Crippen molar-refractivity contribution in [2.45, 2.75) is 123 Å². The number of imidazole rings is 1. The van der Waals surface area contributed by atoms with Crippen LogP contribution in [0.1, 0.15) is 110 Å². The Kier molecular flexibility index (Phi) is 22.2. The molecule has 0 aliphatic rings. The van der Waals surface area contributed by atoms with Gasteiger partial charge >= 0.3 is 8.25 Å². The van der Waals surface area contributed by atoms with Crippen molar-refractivity contribution in [3.05, 3.63) is 12.7 Å². The first-order valence-corrected chi connectivity index (χ1v) is 17.2. The standard InChI is InChI=1S/C28H51N5O4PS.H3N/c1-3-4-5-6-7-8-9-10-11-13-16-19-39-20-17-14-12-15-18-36-38(34)37-24-35-25(2)21-33-23-32-26-27(29)30-22-31-28(26)33;/h22-23,25H,3-21,24H2,1-2H3,(H2,29,30,31);1H3/q+1;/t25-;/m1./s1. The Hall–Kier alpha value is -1.36. The van der Waals surface area contributed by atoms with Crippen LogP contribution in [0.2, 0.25) is 0 Å². The summed E-state index contributed by atoms with van der Waals surface area (Å²) in [4.78, 5) is 12.4. The predicted octanol–water partition coefficient (Wildman–Crippen LogP) is 8.23. The molecule has 0 radical (unpaired) electrons. The number of aromatic nitrogens is 4. The molecule has 5 N–H and O–H groups in total. The molecule has 1 unspecified atom stereocenters. The summed E-state index contributed by atoms with van der Waals surface area (Å²) < 4.78 is 29.8. The van der Waals surface area contributed by atoms with Crippen LogP contribution < -0.4 is 11.9 Å². The number of hydrogen-bond acceptors (Lipinski definition) is 10. The molecule has 0 saturated heterocycles. The van der Waals surface area contributed by atoms with Gasteiger partial charge in [0.25, 0.3) is 0 Å². The number of hydrogen-bond donors (Lipinski definition) is 2. The summed E-state index contributed by atoms with van der Waals surface area (Å²) >= 11 is 2.09. The topological polar surface area (TPSA) is 149 Å². The number of unbranched alkanes of at least 4 members (excludes halogenated alkanes) is 13. The molecule has 0 fully saturated rings. The highest BCUT2D eigenvalue weighted by Crippen LogP contribution is 2.24. The second-order valence-electron chi connectivity index (χ2n) is 10.2. The van der Waals surface area contributed by atoms with Crippen molar-refractivity contribution < 1.29 is 18.3 Å². The smallest absolute Gasteiger partial charge is 0.382 e. The van der Waals surface area contributed by atoms with Crippen molar-refractivity contribution in [3.63, 3.8) is 0 Å². The minimum atomic E-state index is -2.17. The van der Waals surface area contributed by atoms with Gasteiger partial charge < -0.3 is 21.2 Å². The highest BCUT2D eigenvalue weighted by Gasteiger charge is 2.21. The van der Waals surface area contributed by atoms with Crippen LogP contribution in [0.4, 0.5) is 5.82 Å². The SMILES string of the molecule is CCCCCCCCCCCCCSCCCCCCO[P+](=O)OCO[C@H](C)Cn1cnc2c(N)ncnc21.N. The van der Waals surface area contributed by atoms with E-state index in [2.05, 4.69) is 33.6 Å². The number of nitrogens with two attached hydrogens (primary N) is 1. The van der Waals surface area contributed by atoms with Gasteiger partial charge in [-0.25, -0.2) is 15.0 Å². The maximum absolute atomic E-state index is 11.9. The first-order valence-electron chi connectivity index (χ1n) is 15.0. The third-order valence-electron chi connectivity index (χ3n) is 6.67. The van der Waals surface area contributed by atoms with Crippen molar-refractivity contribution in [2.24, 2.45) is 0 Å². The highest BCUT2D eigenvalue weighted by atomic mass is 32.2. The lowest BCUT2D eigenvalue weighted by Crippen LogP contribution is -2.17. The van der Waals surface area contributed by atoms with E-state index in [1.54, 1.807) is 6.33 Å². The van der Waals surface area contributed by atoms with Crippen LogP contribution >= 0.6 is 20.0 Å². The Morgan fingerprint density at radius 2 is 1.48 bits per heavy atom. The maximum atomic E-state index is 11.9. The second-order valence-corrected chi connectivity index (χ2v) is 12.4. The molecule has 0 spiro atoms. The van der Waals surface area contributed by atoms with Gasteiger partial charge in [-0.2, -0.15) is 11.8 Å². The Morgan fingerprint density at radius 1 is 0.875 bits per heavy atom. The molecule has 40 heavy (non-hydrogen) atoms. The molecule has 230 valence electrons. The monoisotopic (exact) mass is 601 g/mol. The number of ether oxygens (including phenoxy) is 1. The van der Waals surface area contributed by atoms with E-state index in [4.69, 9.17) is 19.5 Å². The van der Waals surface area contributed by atoms with E-state index in [0.29, 0.717) is 30.1 Å². The lowest BCUT2D eigenvalue weighted by atomic mass is 10.1.